The van der Waals surface area contributed by atoms with Gasteiger partial charge in [0.15, 0.2) is 0 Å². The Morgan fingerprint density at radius 2 is 2.00 bits per heavy atom. The van der Waals surface area contributed by atoms with Crippen molar-refractivity contribution in [3.8, 4) is 0 Å². The van der Waals surface area contributed by atoms with E-state index in [1.54, 1.807) is 0 Å². The number of rotatable bonds is 4. The molecule has 0 aliphatic rings. The molecule has 1 aromatic rings. The average Bonchev–Trinajstić information content (AvgIpc) is 2.19. The lowest BCUT2D eigenvalue weighted by atomic mass is 10.2. The standard InChI is InChI=1S/C11H14ClNO/c1-2-3-11(14)13-10-6-4-9(8-12)5-7-10/h4-7H,2-3,8H2,1H3,(H,13,14). The third-order valence-corrected chi connectivity index (χ3v) is 2.18. The van der Waals surface area contributed by atoms with Crippen LogP contribution in [0.4, 0.5) is 5.69 Å². The van der Waals surface area contributed by atoms with Crippen LogP contribution in [0.2, 0.25) is 0 Å². The second-order valence-electron chi connectivity index (χ2n) is 3.13. The van der Waals surface area contributed by atoms with Gasteiger partial charge in [-0.2, -0.15) is 0 Å². The topological polar surface area (TPSA) is 29.1 Å². The van der Waals surface area contributed by atoms with Crippen molar-refractivity contribution in [3.63, 3.8) is 0 Å². The Labute approximate surface area is 89.3 Å². The number of halogens is 1. The SMILES string of the molecule is CCCC(=O)Nc1ccc(CCl)cc1. The minimum absolute atomic E-state index is 0.0612. The lowest BCUT2D eigenvalue weighted by molar-refractivity contribution is -0.116. The highest BCUT2D eigenvalue weighted by Gasteiger charge is 1.99. The maximum atomic E-state index is 11.2. The largest absolute Gasteiger partial charge is 0.326 e. The second-order valence-corrected chi connectivity index (χ2v) is 3.40. The first-order valence-corrected chi connectivity index (χ1v) is 5.24. The molecule has 0 spiro atoms. The maximum Gasteiger partial charge on any atom is 0.224 e. The van der Waals surface area contributed by atoms with Gasteiger partial charge in [-0.15, -0.1) is 11.6 Å². The minimum Gasteiger partial charge on any atom is -0.326 e. The van der Waals surface area contributed by atoms with Crippen LogP contribution in [0, 0.1) is 0 Å². The predicted octanol–water partition coefficient (Wildman–Crippen LogP) is 3.16. The minimum atomic E-state index is 0.0612. The van der Waals surface area contributed by atoms with Crippen LogP contribution >= 0.6 is 11.6 Å². The number of carbonyl (C=O) groups is 1. The smallest absolute Gasteiger partial charge is 0.224 e. The van der Waals surface area contributed by atoms with Gasteiger partial charge in [0.2, 0.25) is 5.91 Å². The molecule has 0 unspecified atom stereocenters. The van der Waals surface area contributed by atoms with Gasteiger partial charge in [-0.05, 0) is 24.1 Å². The molecule has 1 N–H and O–H groups in total. The van der Waals surface area contributed by atoms with Crippen LogP contribution in [-0.4, -0.2) is 5.91 Å². The van der Waals surface area contributed by atoms with Crippen LogP contribution in [0.1, 0.15) is 25.3 Å². The summed E-state index contributed by atoms with van der Waals surface area (Å²) >= 11 is 5.65. The molecule has 14 heavy (non-hydrogen) atoms. The Kier molecular flexibility index (Phi) is 4.47. The fraction of sp³-hybridized carbons (Fsp3) is 0.364. The first-order valence-electron chi connectivity index (χ1n) is 4.71. The molecule has 0 saturated carbocycles. The number of amides is 1. The zero-order chi connectivity index (χ0) is 10.4. The molecule has 0 aromatic heterocycles. The highest BCUT2D eigenvalue weighted by molar-refractivity contribution is 6.17. The molecule has 0 aliphatic carbocycles. The highest BCUT2D eigenvalue weighted by Crippen LogP contribution is 2.11. The van der Waals surface area contributed by atoms with E-state index < -0.39 is 0 Å². The Balaban J connectivity index is 2.55. The van der Waals surface area contributed by atoms with Gasteiger partial charge in [-0.3, -0.25) is 4.79 Å². The van der Waals surface area contributed by atoms with Crippen LogP contribution in [-0.2, 0) is 10.7 Å². The lowest BCUT2D eigenvalue weighted by Gasteiger charge is -2.04. The Morgan fingerprint density at radius 3 is 2.50 bits per heavy atom. The molecule has 76 valence electrons. The summed E-state index contributed by atoms with van der Waals surface area (Å²) in [6.07, 6.45) is 1.43. The van der Waals surface area contributed by atoms with Gasteiger partial charge < -0.3 is 5.32 Å². The Bertz CT molecular complexity index is 295. The zero-order valence-electron chi connectivity index (χ0n) is 8.22. The van der Waals surface area contributed by atoms with Crippen LogP contribution in [0.25, 0.3) is 0 Å². The number of alkyl halides is 1. The molecular formula is C11H14ClNO. The summed E-state index contributed by atoms with van der Waals surface area (Å²) in [5.74, 6) is 0.564. The summed E-state index contributed by atoms with van der Waals surface area (Å²) < 4.78 is 0. The van der Waals surface area contributed by atoms with Gasteiger partial charge in [0, 0.05) is 18.0 Å². The first kappa shape index (κ1) is 11.1. The summed E-state index contributed by atoms with van der Waals surface area (Å²) in [5.41, 5.74) is 1.89. The van der Waals surface area contributed by atoms with Gasteiger partial charge >= 0.3 is 0 Å². The number of hydrogen-bond acceptors (Lipinski definition) is 1. The second kappa shape index (κ2) is 5.66. The van der Waals surface area contributed by atoms with E-state index in [0.717, 1.165) is 17.7 Å². The fourth-order valence-corrected chi connectivity index (χ4v) is 1.31. The van der Waals surface area contributed by atoms with E-state index >= 15 is 0 Å². The van der Waals surface area contributed by atoms with Crippen molar-refractivity contribution in [2.24, 2.45) is 0 Å². The van der Waals surface area contributed by atoms with E-state index in [4.69, 9.17) is 11.6 Å². The molecule has 0 fully saturated rings. The van der Waals surface area contributed by atoms with Crippen LogP contribution in [0.5, 0.6) is 0 Å². The molecule has 0 saturated heterocycles. The Morgan fingerprint density at radius 1 is 1.36 bits per heavy atom. The van der Waals surface area contributed by atoms with Crippen molar-refractivity contribution in [1.29, 1.82) is 0 Å². The van der Waals surface area contributed by atoms with Crippen molar-refractivity contribution in [1.82, 2.24) is 0 Å². The first-order chi connectivity index (χ1) is 6.76. The summed E-state index contributed by atoms with van der Waals surface area (Å²) in [7, 11) is 0. The molecule has 1 aromatic carbocycles. The molecule has 1 rings (SSSR count). The van der Waals surface area contributed by atoms with E-state index in [-0.39, 0.29) is 5.91 Å². The molecule has 2 nitrogen and oxygen atoms in total. The van der Waals surface area contributed by atoms with Crippen molar-refractivity contribution in [3.05, 3.63) is 29.8 Å². The molecule has 0 aliphatic heterocycles. The number of hydrogen-bond donors (Lipinski definition) is 1. The number of benzene rings is 1. The molecule has 0 bridgehead atoms. The Hall–Kier alpha value is -1.02. The zero-order valence-corrected chi connectivity index (χ0v) is 8.97. The molecule has 3 heteroatoms. The summed E-state index contributed by atoms with van der Waals surface area (Å²) in [4.78, 5) is 11.2. The van der Waals surface area contributed by atoms with Crippen molar-refractivity contribution in [2.75, 3.05) is 5.32 Å². The highest BCUT2D eigenvalue weighted by atomic mass is 35.5. The molecule has 1 amide bonds. The van der Waals surface area contributed by atoms with Gasteiger partial charge in [0.1, 0.15) is 0 Å². The van der Waals surface area contributed by atoms with E-state index in [2.05, 4.69) is 5.32 Å². The number of carbonyl (C=O) groups excluding carboxylic acids is 1. The van der Waals surface area contributed by atoms with Crippen molar-refractivity contribution < 1.29 is 4.79 Å². The third kappa shape index (κ3) is 3.38. The monoisotopic (exact) mass is 211 g/mol. The van der Waals surface area contributed by atoms with E-state index in [1.807, 2.05) is 31.2 Å². The molecular weight excluding hydrogens is 198 g/mol. The van der Waals surface area contributed by atoms with Gasteiger partial charge in [0.25, 0.3) is 0 Å². The lowest BCUT2D eigenvalue weighted by Crippen LogP contribution is -2.10. The number of nitrogens with one attached hydrogen (secondary N) is 1. The average molecular weight is 212 g/mol. The van der Waals surface area contributed by atoms with Crippen molar-refractivity contribution in [2.45, 2.75) is 25.6 Å². The molecule has 0 atom stereocenters. The van der Waals surface area contributed by atoms with Crippen LogP contribution < -0.4 is 5.32 Å². The fourth-order valence-electron chi connectivity index (χ4n) is 1.13. The van der Waals surface area contributed by atoms with E-state index in [9.17, 15) is 4.79 Å². The summed E-state index contributed by atoms with van der Waals surface area (Å²) in [5, 5.41) is 2.81. The third-order valence-electron chi connectivity index (χ3n) is 1.87. The van der Waals surface area contributed by atoms with Crippen LogP contribution in [0.15, 0.2) is 24.3 Å². The normalized spacial score (nSPS) is 9.86. The van der Waals surface area contributed by atoms with E-state index in [1.165, 1.54) is 0 Å². The van der Waals surface area contributed by atoms with E-state index in [0.29, 0.717) is 12.3 Å². The predicted molar refractivity (Wildman–Crippen MR) is 59.5 cm³/mol. The maximum absolute atomic E-state index is 11.2. The number of anilines is 1. The summed E-state index contributed by atoms with van der Waals surface area (Å²) in [6.45, 7) is 1.98. The van der Waals surface area contributed by atoms with Gasteiger partial charge in [-0.1, -0.05) is 19.1 Å². The van der Waals surface area contributed by atoms with Crippen molar-refractivity contribution >= 4 is 23.2 Å². The van der Waals surface area contributed by atoms with Gasteiger partial charge in [-0.25, -0.2) is 0 Å². The molecule has 0 heterocycles. The summed E-state index contributed by atoms with van der Waals surface area (Å²) in [6, 6.07) is 7.56. The van der Waals surface area contributed by atoms with Gasteiger partial charge in [0.05, 0.1) is 0 Å². The van der Waals surface area contributed by atoms with Crippen LogP contribution in [0.3, 0.4) is 0 Å². The molecule has 0 radical (unpaired) electrons. The quantitative estimate of drug-likeness (QED) is 0.762.